The van der Waals surface area contributed by atoms with Gasteiger partial charge in [0.15, 0.2) is 11.6 Å². The molecule has 11 heteroatoms. The molecule has 0 spiro atoms. The van der Waals surface area contributed by atoms with E-state index in [1.165, 1.54) is 6.07 Å². The van der Waals surface area contributed by atoms with Crippen LogP contribution in [-0.2, 0) is 4.79 Å². The average molecular weight is 300 g/mol. The van der Waals surface area contributed by atoms with E-state index in [1.807, 2.05) is 0 Å². The zero-order valence-corrected chi connectivity index (χ0v) is 11.0. The minimum absolute atomic E-state index is 0.0360. The van der Waals surface area contributed by atoms with Crippen LogP contribution < -0.4 is 4.67 Å². The fourth-order valence-corrected chi connectivity index (χ4v) is 2.08. The number of carboxylic acids is 1. The molecule has 1 heterocycles. The lowest BCUT2D eigenvalue weighted by molar-refractivity contribution is -0.383. The van der Waals surface area contributed by atoms with E-state index in [0.717, 1.165) is 10.7 Å². The standard InChI is InChI=1S/C9H9N4O6P/c14-3-6(9(15)16)12(20)4-1-2-5(13(17)18)8-7(4)10-19-11-8/h1-2,6,14H,3,20H2,(H,15,16)/t6-/m0/s1. The molecule has 106 valence electrons. The fraction of sp³-hybridized carbons (Fsp3) is 0.222. The molecule has 2 aromatic rings. The highest BCUT2D eigenvalue weighted by atomic mass is 31.0. The van der Waals surface area contributed by atoms with Crippen LogP contribution in [0.15, 0.2) is 16.8 Å². The summed E-state index contributed by atoms with van der Waals surface area (Å²) in [6, 6.07) is 1.22. The summed E-state index contributed by atoms with van der Waals surface area (Å²) in [6.45, 7) is -0.650. The molecule has 0 aliphatic carbocycles. The Morgan fingerprint density at radius 3 is 2.70 bits per heavy atom. The topological polar surface area (TPSA) is 143 Å². The molecule has 0 bridgehead atoms. The van der Waals surface area contributed by atoms with Crippen molar-refractivity contribution in [1.82, 2.24) is 10.3 Å². The average Bonchev–Trinajstić information content (AvgIpc) is 2.86. The summed E-state index contributed by atoms with van der Waals surface area (Å²) in [4.78, 5) is 21.2. The van der Waals surface area contributed by atoms with Crippen molar-refractivity contribution >= 4 is 37.8 Å². The molecule has 2 atom stereocenters. The number of non-ortho nitro benzene ring substituents is 1. The summed E-state index contributed by atoms with van der Waals surface area (Å²) < 4.78 is 5.62. The smallest absolute Gasteiger partial charge is 0.329 e. The Kier molecular flexibility index (Phi) is 3.77. The lowest BCUT2D eigenvalue weighted by Gasteiger charge is -2.24. The van der Waals surface area contributed by atoms with Crippen LogP contribution in [0.1, 0.15) is 0 Å². The molecule has 2 N–H and O–H groups in total. The van der Waals surface area contributed by atoms with Gasteiger partial charge in [-0.25, -0.2) is 9.42 Å². The Hall–Kier alpha value is -2.32. The summed E-state index contributed by atoms with van der Waals surface area (Å²) in [5.41, 5.74) is -0.145. The van der Waals surface area contributed by atoms with Crippen LogP contribution in [0.3, 0.4) is 0 Å². The molecule has 20 heavy (non-hydrogen) atoms. The summed E-state index contributed by atoms with van der Waals surface area (Å²) in [5, 5.41) is 35.9. The highest BCUT2D eigenvalue weighted by Gasteiger charge is 2.27. The number of aliphatic hydroxyl groups excluding tert-OH is 1. The van der Waals surface area contributed by atoms with Crippen molar-refractivity contribution in [3.05, 3.63) is 22.2 Å². The number of hydrogen-bond donors (Lipinski definition) is 2. The van der Waals surface area contributed by atoms with Crippen molar-refractivity contribution in [2.24, 2.45) is 0 Å². The van der Waals surface area contributed by atoms with Gasteiger partial charge in [-0.05, 0) is 25.8 Å². The molecule has 2 rings (SSSR count). The van der Waals surface area contributed by atoms with Crippen molar-refractivity contribution in [3.63, 3.8) is 0 Å². The molecular weight excluding hydrogens is 291 g/mol. The number of carbonyl (C=O) groups is 1. The summed E-state index contributed by atoms with van der Waals surface area (Å²) >= 11 is 0. The number of nitro benzene ring substituents is 1. The van der Waals surface area contributed by atoms with E-state index < -0.39 is 23.5 Å². The number of carboxylic acid groups (broad SMARTS) is 1. The number of anilines is 1. The molecule has 0 saturated heterocycles. The number of benzene rings is 1. The molecule has 0 radical (unpaired) electrons. The van der Waals surface area contributed by atoms with E-state index in [9.17, 15) is 14.9 Å². The van der Waals surface area contributed by atoms with Crippen LogP contribution in [0.25, 0.3) is 11.0 Å². The van der Waals surface area contributed by atoms with Crippen molar-refractivity contribution in [2.75, 3.05) is 11.3 Å². The Labute approximate surface area is 113 Å². The predicted octanol–water partition coefficient (Wildman–Crippen LogP) is 0.173. The van der Waals surface area contributed by atoms with Crippen molar-refractivity contribution < 1.29 is 24.6 Å². The monoisotopic (exact) mass is 300 g/mol. The van der Waals surface area contributed by atoms with E-state index in [0.29, 0.717) is 0 Å². The van der Waals surface area contributed by atoms with Crippen molar-refractivity contribution in [1.29, 1.82) is 0 Å². The van der Waals surface area contributed by atoms with Gasteiger partial charge in [-0.2, -0.15) is 0 Å². The second-order valence-corrected chi connectivity index (χ2v) is 4.32. The maximum absolute atomic E-state index is 11.0. The fourth-order valence-electron chi connectivity index (χ4n) is 1.65. The zero-order chi connectivity index (χ0) is 14.9. The molecule has 1 aromatic heterocycles. The van der Waals surface area contributed by atoms with Gasteiger partial charge in [0, 0.05) is 6.07 Å². The summed E-state index contributed by atoms with van der Waals surface area (Å²) in [5.74, 6) is -1.26. The van der Waals surface area contributed by atoms with Crippen LogP contribution in [0.4, 0.5) is 11.4 Å². The van der Waals surface area contributed by atoms with E-state index in [1.54, 1.807) is 0 Å². The van der Waals surface area contributed by atoms with Crippen LogP contribution >= 0.6 is 9.39 Å². The van der Waals surface area contributed by atoms with Crippen LogP contribution in [0.5, 0.6) is 0 Å². The molecule has 0 aliphatic heterocycles. The van der Waals surface area contributed by atoms with E-state index >= 15 is 0 Å². The zero-order valence-electron chi connectivity index (χ0n) is 9.83. The minimum atomic E-state index is -1.26. The van der Waals surface area contributed by atoms with Gasteiger partial charge in [0.25, 0.3) is 0 Å². The number of fused-ring (bicyclic) bond motifs is 1. The molecule has 1 unspecified atom stereocenters. The molecule has 0 amide bonds. The molecule has 10 nitrogen and oxygen atoms in total. The largest absolute Gasteiger partial charge is 0.480 e. The van der Waals surface area contributed by atoms with E-state index in [-0.39, 0.29) is 22.4 Å². The number of hydrogen-bond acceptors (Lipinski definition) is 8. The second kappa shape index (κ2) is 5.35. The highest BCUT2D eigenvalue weighted by molar-refractivity contribution is 7.19. The lowest BCUT2D eigenvalue weighted by Crippen LogP contribution is -2.37. The second-order valence-electron chi connectivity index (χ2n) is 3.77. The van der Waals surface area contributed by atoms with Crippen molar-refractivity contribution in [3.8, 4) is 0 Å². The first kappa shape index (κ1) is 14.1. The quantitative estimate of drug-likeness (QED) is 0.448. The third-order valence-corrected chi connectivity index (χ3v) is 3.28. The normalized spacial score (nSPS) is 12.3. The first-order chi connectivity index (χ1) is 9.47. The number of aliphatic hydroxyl groups is 1. The number of nitrogens with zero attached hydrogens (tertiary/aromatic N) is 4. The molecule has 0 aliphatic rings. The van der Waals surface area contributed by atoms with Gasteiger partial charge in [0.1, 0.15) is 0 Å². The van der Waals surface area contributed by atoms with Crippen LogP contribution in [0.2, 0.25) is 0 Å². The minimum Gasteiger partial charge on any atom is -0.480 e. The Morgan fingerprint density at radius 1 is 1.50 bits per heavy atom. The third-order valence-electron chi connectivity index (χ3n) is 2.64. The highest BCUT2D eigenvalue weighted by Crippen LogP contribution is 2.33. The Morgan fingerprint density at radius 2 is 2.15 bits per heavy atom. The van der Waals surface area contributed by atoms with Gasteiger partial charge in [0.2, 0.25) is 5.52 Å². The third kappa shape index (κ3) is 2.26. The molecule has 1 aromatic carbocycles. The predicted molar refractivity (Wildman–Crippen MR) is 69.2 cm³/mol. The Bertz CT molecular complexity index is 674. The number of rotatable bonds is 5. The molecular formula is C9H9N4O6P. The first-order valence-corrected chi connectivity index (χ1v) is 5.76. The number of aromatic nitrogens is 2. The van der Waals surface area contributed by atoms with E-state index in [4.69, 9.17) is 10.2 Å². The van der Waals surface area contributed by atoms with Gasteiger partial charge in [0.05, 0.1) is 17.2 Å². The summed E-state index contributed by atoms with van der Waals surface area (Å²) in [6.07, 6.45) is 0. The van der Waals surface area contributed by atoms with E-state index in [2.05, 4.69) is 24.3 Å². The van der Waals surface area contributed by atoms with Gasteiger partial charge >= 0.3 is 11.7 Å². The van der Waals surface area contributed by atoms with Gasteiger partial charge in [-0.1, -0.05) is 0 Å². The maximum Gasteiger partial charge on any atom is 0.329 e. The first-order valence-electron chi connectivity index (χ1n) is 5.24. The van der Waals surface area contributed by atoms with Gasteiger partial charge in [-0.3, -0.25) is 10.1 Å². The summed E-state index contributed by atoms with van der Waals surface area (Å²) in [7, 11) is 2.12. The molecule has 0 saturated carbocycles. The maximum atomic E-state index is 11.0. The van der Waals surface area contributed by atoms with Crippen LogP contribution in [-0.4, -0.2) is 44.1 Å². The van der Waals surface area contributed by atoms with Gasteiger partial charge in [-0.15, -0.1) is 0 Å². The van der Waals surface area contributed by atoms with Crippen LogP contribution in [0, 0.1) is 10.1 Å². The number of aliphatic carboxylic acids is 1. The SMILES string of the molecule is O=C(O)[C@H](CO)N(P)c1ccc([N+](=O)[O-])c2nonc12. The Balaban J connectivity index is 2.56. The van der Waals surface area contributed by atoms with Gasteiger partial charge < -0.3 is 14.9 Å². The molecule has 0 fully saturated rings. The van der Waals surface area contributed by atoms with Crippen molar-refractivity contribution in [2.45, 2.75) is 6.04 Å². The lowest BCUT2D eigenvalue weighted by atomic mass is 10.2. The number of nitro groups is 1.